The van der Waals surface area contributed by atoms with Crippen LogP contribution in [0.4, 0.5) is 0 Å². The lowest BCUT2D eigenvalue weighted by Crippen LogP contribution is -2.26. The van der Waals surface area contributed by atoms with Crippen LogP contribution in [0, 0.1) is 6.92 Å². The second kappa shape index (κ2) is 8.27. The van der Waals surface area contributed by atoms with Gasteiger partial charge in [-0.25, -0.2) is 13.1 Å². The van der Waals surface area contributed by atoms with Crippen LogP contribution in [0.3, 0.4) is 0 Å². The fraction of sp³-hybridized carbons (Fsp3) is 0.538. The van der Waals surface area contributed by atoms with E-state index in [4.69, 9.17) is 9.47 Å². The minimum Gasteiger partial charge on any atom is -0.382 e. The number of hydrogen-bond acceptors (Lipinski definition) is 4. The van der Waals surface area contributed by atoms with Gasteiger partial charge in [-0.15, -0.1) is 0 Å². The fourth-order valence-corrected chi connectivity index (χ4v) is 2.88. The maximum Gasteiger partial charge on any atom is 0.240 e. The van der Waals surface area contributed by atoms with E-state index in [1.54, 1.807) is 32.2 Å². The molecule has 0 unspecified atom stereocenters. The summed E-state index contributed by atoms with van der Waals surface area (Å²) in [5.74, 6) is 0. The minimum atomic E-state index is -3.42. The third-order valence-corrected chi connectivity index (χ3v) is 4.19. The highest BCUT2D eigenvalue weighted by Crippen LogP contribution is 2.13. The van der Waals surface area contributed by atoms with Crippen molar-refractivity contribution in [2.75, 3.05) is 33.5 Å². The molecular weight excluding hydrogens is 266 g/mol. The normalized spacial score (nSPS) is 11.7. The van der Waals surface area contributed by atoms with E-state index in [0.717, 1.165) is 5.56 Å². The van der Waals surface area contributed by atoms with Crippen LogP contribution in [0.15, 0.2) is 29.2 Å². The zero-order chi connectivity index (χ0) is 14.1. The Bertz CT molecular complexity index is 473. The molecule has 0 radical (unpaired) electrons. The molecular formula is C13H21NO4S. The quantitative estimate of drug-likeness (QED) is 0.696. The van der Waals surface area contributed by atoms with Gasteiger partial charge in [-0.1, -0.05) is 18.2 Å². The Kier molecular flexibility index (Phi) is 7.01. The lowest BCUT2D eigenvalue weighted by molar-refractivity contribution is 0.0699. The molecule has 0 aliphatic rings. The minimum absolute atomic E-state index is 0.329. The molecule has 1 aromatic carbocycles. The maximum absolute atomic E-state index is 12.0. The van der Waals surface area contributed by atoms with Crippen molar-refractivity contribution >= 4 is 10.0 Å². The predicted molar refractivity (Wildman–Crippen MR) is 73.7 cm³/mol. The Balaban J connectivity index is 2.34. The summed E-state index contributed by atoms with van der Waals surface area (Å²) in [6, 6.07) is 6.92. The first kappa shape index (κ1) is 16.1. The predicted octanol–water partition coefficient (Wildman–Crippen LogP) is 1.33. The molecule has 0 aliphatic carbocycles. The molecule has 0 spiro atoms. The van der Waals surface area contributed by atoms with Crippen LogP contribution in [0.5, 0.6) is 0 Å². The third-order valence-electron chi connectivity index (χ3n) is 2.57. The Morgan fingerprint density at radius 2 is 1.89 bits per heavy atom. The summed E-state index contributed by atoms with van der Waals surface area (Å²) in [7, 11) is -1.81. The van der Waals surface area contributed by atoms with E-state index >= 15 is 0 Å². The van der Waals surface area contributed by atoms with E-state index < -0.39 is 10.0 Å². The Morgan fingerprint density at radius 3 is 2.58 bits per heavy atom. The number of nitrogens with one attached hydrogen (secondary N) is 1. The second-order valence-electron chi connectivity index (χ2n) is 4.12. The van der Waals surface area contributed by atoms with Gasteiger partial charge in [0.1, 0.15) is 0 Å². The van der Waals surface area contributed by atoms with Crippen LogP contribution < -0.4 is 4.72 Å². The van der Waals surface area contributed by atoms with Gasteiger partial charge in [-0.05, 0) is 25.0 Å². The molecule has 0 heterocycles. The summed E-state index contributed by atoms with van der Waals surface area (Å²) < 4.78 is 36.7. The average molecular weight is 287 g/mol. The molecule has 0 saturated heterocycles. The van der Waals surface area contributed by atoms with Crippen LogP contribution in [0.1, 0.15) is 12.0 Å². The molecule has 0 saturated carbocycles. The van der Waals surface area contributed by atoms with Gasteiger partial charge in [0.05, 0.1) is 18.1 Å². The van der Waals surface area contributed by atoms with Crippen LogP contribution >= 0.6 is 0 Å². The van der Waals surface area contributed by atoms with Gasteiger partial charge in [0, 0.05) is 20.3 Å². The molecule has 0 amide bonds. The fourth-order valence-electron chi connectivity index (χ4n) is 1.56. The molecule has 0 aliphatic heterocycles. The standard InChI is InChI=1S/C13H21NO4S/c1-12-6-3-4-7-13(12)19(15,16)14-8-5-9-18-11-10-17-2/h3-4,6-7,14H,5,8-11H2,1-2H3. The second-order valence-corrected chi connectivity index (χ2v) is 5.86. The van der Waals surface area contributed by atoms with Crippen LogP contribution in [-0.2, 0) is 19.5 Å². The van der Waals surface area contributed by atoms with Crippen molar-refractivity contribution in [3.8, 4) is 0 Å². The first-order chi connectivity index (χ1) is 9.08. The van der Waals surface area contributed by atoms with Crippen molar-refractivity contribution < 1.29 is 17.9 Å². The summed E-state index contributed by atoms with van der Waals surface area (Å²) >= 11 is 0. The molecule has 0 aromatic heterocycles. The van der Waals surface area contributed by atoms with E-state index in [0.29, 0.717) is 37.7 Å². The van der Waals surface area contributed by atoms with E-state index in [1.165, 1.54) is 0 Å². The summed E-state index contributed by atoms with van der Waals surface area (Å²) in [4.78, 5) is 0.329. The molecule has 0 fully saturated rings. The molecule has 5 nitrogen and oxygen atoms in total. The number of aryl methyl sites for hydroxylation is 1. The first-order valence-electron chi connectivity index (χ1n) is 6.20. The highest BCUT2D eigenvalue weighted by Gasteiger charge is 2.14. The molecule has 1 aromatic rings. The van der Waals surface area contributed by atoms with Crippen molar-refractivity contribution in [2.45, 2.75) is 18.2 Å². The third kappa shape index (κ3) is 5.69. The van der Waals surface area contributed by atoms with Gasteiger partial charge in [0.25, 0.3) is 0 Å². The lowest BCUT2D eigenvalue weighted by Gasteiger charge is -2.09. The van der Waals surface area contributed by atoms with Crippen LogP contribution in [-0.4, -0.2) is 41.9 Å². The Morgan fingerprint density at radius 1 is 1.16 bits per heavy atom. The number of sulfonamides is 1. The van der Waals surface area contributed by atoms with Crippen molar-refractivity contribution in [2.24, 2.45) is 0 Å². The first-order valence-corrected chi connectivity index (χ1v) is 7.68. The Hall–Kier alpha value is -0.950. The van der Waals surface area contributed by atoms with Crippen molar-refractivity contribution in [3.05, 3.63) is 29.8 Å². The number of methoxy groups -OCH3 is 1. The van der Waals surface area contributed by atoms with Gasteiger partial charge < -0.3 is 9.47 Å². The van der Waals surface area contributed by atoms with Crippen LogP contribution in [0.2, 0.25) is 0 Å². The number of rotatable bonds is 9. The molecule has 0 atom stereocenters. The molecule has 19 heavy (non-hydrogen) atoms. The topological polar surface area (TPSA) is 64.6 Å². The summed E-state index contributed by atoms with van der Waals surface area (Å²) in [6.45, 7) is 3.74. The summed E-state index contributed by atoms with van der Waals surface area (Å²) in [5.41, 5.74) is 0.742. The zero-order valence-electron chi connectivity index (χ0n) is 11.4. The van der Waals surface area contributed by atoms with E-state index in [2.05, 4.69) is 4.72 Å². The lowest BCUT2D eigenvalue weighted by atomic mass is 10.2. The molecule has 0 bridgehead atoms. The van der Waals surface area contributed by atoms with Gasteiger partial charge in [-0.3, -0.25) is 0 Å². The highest BCUT2D eigenvalue weighted by molar-refractivity contribution is 7.89. The molecule has 1 rings (SSSR count). The van der Waals surface area contributed by atoms with Crippen molar-refractivity contribution in [1.29, 1.82) is 0 Å². The molecule has 6 heteroatoms. The van der Waals surface area contributed by atoms with Crippen molar-refractivity contribution in [3.63, 3.8) is 0 Å². The van der Waals surface area contributed by atoms with E-state index in [1.807, 2.05) is 6.07 Å². The largest absolute Gasteiger partial charge is 0.382 e. The zero-order valence-corrected chi connectivity index (χ0v) is 12.2. The summed E-state index contributed by atoms with van der Waals surface area (Å²) in [5, 5.41) is 0. The molecule has 1 N–H and O–H groups in total. The van der Waals surface area contributed by atoms with Gasteiger partial charge in [-0.2, -0.15) is 0 Å². The Labute approximate surface area is 115 Å². The van der Waals surface area contributed by atoms with Gasteiger partial charge in [0.2, 0.25) is 10.0 Å². The van der Waals surface area contributed by atoms with Gasteiger partial charge >= 0.3 is 0 Å². The monoisotopic (exact) mass is 287 g/mol. The smallest absolute Gasteiger partial charge is 0.240 e. The maximum atomic E-state index is 12.0. The van der Waals surface area contributed by atoms with Crippen LogP contribution in [0.25, 0.3) is 0 Å². The SMILES string of the molecule is COCCOCCCNS(=O)(=O)c1ccccc1C. The highest BCUT2D eigenvalue weighted by atomic mass is 32.2. The van der Waals surface area contributed by atoms with E-state index in [9.17, 15) is 8.42 Å². The number of benzene rings is 1. The molecule has 108 valence electrons. The summed E-state index contributed by atoms with van der Waals surface area (Å²) in [6.07, 6.45) is 0.634. The van der Waals surface area contributed by atoms with Gasteiger partial charge in [0.15, 0.2) is 0 Å². The number of ether oxygens (including phenoxy) is 2. The van der Waals surface area contributed by atoms with Crippen molar-refractivity contribution in [1.82, 2.24) is 4.72 Å². The number of hydrogen-bond donors (Lipinski definition) is 1. The van der Waals surface area contributed by atoms with E-state index in [-0.39, 0.29) is 0 Å². The average Bonchev–Trinajstić information content (AvgIpc) is 2.38.